The van der Waals surface area contributed by atoms with Crippen molar-refractivity contribution in [2.24, 2.45) is 0 Å². The molecule has 0 spiro atoms. The Hall–Kier alpha value is -3.54. The van der Waals surface area contributed by atoms with Crippen molar-refractivity contribution in [2.45, 2.75) is 146 Å². The molecule has 0 saturated carbocycles. The second-order valence-corrected chi connectivity index (χ2v) is 16.4. The van der Waals surface area contributed by atoms with E-state index in [-0.39, 0.29) is 36.9 Å². The molecule has 3 aromatic rings. The van der Waals surface area contributed by atoms with Gasteiger partial charge < -0.3 is 35.1 Å². The first kappa shape index (κ1) is 47.1. The topological polar surface area (TPSA) is 228 Å². The van der Waals surface area contributed by atoms with Crippen molar-refractivity contribution in [3.63, 3.8) is 0 Å². The van der Waals surface area contributed by atoms with E-state index in [2.05, 4.69) is 17.0 Å². The van der Waals surface area contributed by atoms with Gasteiger partial charge in [-0.1, -0.05) is 103 Å². The third-order valence-corrected chi connectivity index (χ3v) is 11.3. The molecule has 0 amide bonds. The number of aliphatic hydroxyl groups excluding tert-OH is 2. The fourth-order valence-electron chi connectivity index (χ4n) is 7.12. The van der Waals surface area contributed by atoms with Crippen LogP contribution in [0, 0.1) is 28.5 Å². The zero-order chi connectivity index (χ0) is 41.8. The Morgan fingerprint density at radius 1 is 0.948 bits per heavy atom. The standard InChI is InChI=1S/C41H60FN6O9P/c1-2-3-4-5-6-7-8-9-10-11-12-13-14-15-16-17-20-53-26-34(27-54-25-32-21-31(24-43)22-33(42)23-32)57-58(51,52)55-28-36-38(49)39(50)41(29-44,56-36)37-19-18-35-40(45)46-30-47-48(35)37/h18-19,21-23,30,34,36,38-39,49-50H,2-17,20,25-28H2,1H3,(H,51,52)(H2,45,46,47)/t34-,36-,38-,39-,41+/m1/s1. The highest BCUT2D eigenvalue weighted by molar-refractivity contribution is 7.47. The summed E-state index contributed by atoms with van der Waals surface area (Å²) < 4.78 is 56.4. The molecule has 0 bridgehead atoms. The summed E-state index contributed by atoms with van der Waals surface area (Å²) >= 11 is 0. The number of nitrogen functional groups attached to an aromatic ring is 1. The minimum atomic E-state index is -4.89. The molecular formula is C41H60FN6O9P. The SMILES string of the molecule is CCCCCCCCCCCCCCCCCCOC[C@H](COCc1cc(F)cc(C#N)c1)OP(=O)(O)OC[C@H]1O[C@@](C#N)(c2ccc3c(N)ncnn23)[C@H](O)[C@@H]1O. The molecular weight excluding hydrogens is 770 g/mol. The Morgan fingerprint density at radius 2 is 1.57 bits per heavy atom. The maximum Gasteiger partial charge on any atom is 0.472 e. The molecule has 0 radical (unpaired) electrons. The molecule has 1 fully saturated rings. The Balaban J connectivity index is 1.22. The third kappa shape index (κ3) is 14.3. The number of nitrogens with two attached hydrogens (primary N) is 1. The van der Waals surface area contributed by atoms with Crippen LogP contribution in [0.5, 0.6) is 0 Å². The van der Waals surface area contributed by atoms with Gasteiger partial charge >= 0.3 is 7.82 Å². The summed E-state index contributed by atoms with van der Waals surface area (Å²) in [6.45, 7) is 1.37. The van der Waals surface area contributed by atoms with Gasteiger partial charge in [-0.15, -0.1) is 0 Å². The molecule has 1 saturated heterocycles. The van der Waals surface area contributed by atoms with Crippen LogP contribution in [0.15, 0.2) is 36.7 Å². The zero-order valence-corrected chi connectivity index (χ0v) is 34.4. The second kappa shape index (κ2) is 24.5. The number of phosphoric acid groups is 1. The van der Waals surface area contributed by atoms with Gasteiger partial charge in [0.2, 0.25) is 5.60 Å². The molecule has 1 aliphatic heterocycles. The monoisotopic (exact) mass is 830 g/mol. The Bertz CT molecular complexity index is 1820. The van der Waals surface area contributed by atoms with E-state index in [4.69, 9.17) is 29.0 Å². The summed E-state index contributed by atoms with van der Waals surface area (Å²) in [5.74, 6) is -0.499. The van der Waals surface area contributed by atoms with Crippen molar-refractivity contribution >= 4 is 19.2 Å². The summed E-state index contributed by atoms with van der Waals surface area (Å²) in [6.07, 6.45) is 14.9. The largest absolute Gasteiger partial charge is 0.472 e. The molecule has 1 aliphatic rings. The number of nitrogens with zero attached hydrogens (tertiary/aromatic N) is 5. The average molecular weight is 831 g/mol. The normalized spacial score (nSPS) is 20.8. The number of rotatable bonds is 29. The predicted molar refractivity (Wildman–Crippen MR) is 213 cm³/mol. The molecule has 5 N–H and O–H groups in total. The van der Waals surface area contributed by atoms with Crippen LogP contribution in [0.1, 0.15) is 126 Å². The van der Waals surface area contributed by atoms with Gasteiger partial charge in [0.05, 0.1) is 43.8 Å². The molecule has 1 unspecified atom stereocenters. The van der Waals surface area contributed by atoms with E-state index in [1.807, 2.05) is 12.1 Å². The number of hydrogen-bond donors (Lipinski definition) is 4. The van der Waals surface area contributed by atoms with Crippen molar-refractivity contribution in [3.8, 4) is 12.1 Å². The van der Waals surface area contributed by atoms with Crippen LogP contribution >= 0.6 is 7.82 Å². The minimum Gasteiger partial charge on any atom is -0.387 e. The fourth-order valence-corrected chi connectivity index (χ4v) is 8.01. The van der Waals surface area contributed by atoms with E-state index in [9.17, 15) is 34.6 Å². The van der Waals surface area contributed by atoms with E-state index in [0.29, 0.717) is 17.7 Å². The average Bonchev–Trinajstić information content (AvgIpc) is 3.75. The van der Waals surface area contributed by atoms with Crippen LogP contribution in [0.3, 0.4) is 0 Å². The van der Waals surface area contributed by atoms with E-state index in [0.717, 1.165) is 38.1 Å². The van der Waals surface area contributed by atoms with Gasteiger partial charge in [0.25, 0.3) is 0 Å². The molecule has 0 aliphatic carbocycles. The highest BCUT2D eigenvalue weighted by Gasteiger charge is 2.58. The van der Waals surface area contributed by atoms with Crippen molar-refractivity contribution in [1.82, 2.24) is 14.6 Å². The van der Waals surface area contributed by atoms with Crippen molar-refractivity contribution < 1.29 is 47.3 Å². The Morgan fingerprint density at radius 3 is 2.19 bits per heavy atom. The van der Waals surface area contributed by atoms with Gasteiger partial charge in [-0.3, -0.25) is 9.05 Å². The van der Waals surface area contributed by atoms with Gasteiger partial charge in [-0.05, 0) is 42.3 Å². The predicted octanol–water partition coefficient (Wildman–Crippen LogP) is 7.16. The number of aromatic nitrogens is 3. The first-order chi connectivity index (χ1) is 28.0. The number of fused-ring (bicyclic) bond motifs is 1. The lowest BCUT2D eigenvalue weighted by molar-refractivity contribution is -0.0688. The van der Waals surface area contributed by atoms with Crippen LogP contribution < -0.4 is 5.73 Å². The van der Waals surface area contributed by atoms with E-state index >= 15 is 0 Å². The molecule has 2 aromatic heterocycles. The molecule has 3 heterocycles. The fraction of sp³-hybridized carbons (Fsp3) is 0.659. The number of phosphoric ester groups is 1. The highest BCUT2D eigenvalue weighted by atomic mass is 31.2. The van der Waals surface area contributed by atoms with Crippen LogP contribution in [-0.2, 0) is 40.0 Å². The second-order valence-electron chi connectivity index (χ2n) is 14.9. The number of ether oxygens (including phenoxy) is 3. The third-order valence-electron chi connectivity index (χ3n) is 10.3. The molecule has 4 rings (SSSR count). The summed E-state index contributed by atoms with van der Waals surface area (Å²) in [7, 11) is -4.89. The summed E-state index contributed by atoms with van der Waals surface area (Å²) in [5, 5.41) is 45.3. The van der Waals surface area contributed by atoms with Gasteiger partial charge in [-0.2, -0.15) is 15.6 Å². The van der Waals surface area contributed by atoms with Crippen LogP contribution in [0.25, 0.3) is 5.52 Å². The van der Waals surface area contributed by atoms with Crippen molar-refractivity contribution in [2.75, 3.05) is 32.2 Å². The Kier molecular flexibility index (Phi) is 19.9. The van der Waals surface area contributed by atoms with E-state index in [1.165, 1.54) is 106 Å². The van der Waals surface area contributed by atoms with Gasteiger partial charge in [0, 0.05) is 6.61 Å². The van der Waals surface area contributed by atoms with Crippen LogP contribution in [0.4, 0.5) is 10.2 Å². The van der Waals surface area contributed by atoms with Gasteiger partial charge in [-0.25, -0.2) is 18.5 Å². The number of anilines is 1. The maximum atomic E-state index is 14.0. The summed E-state index contributed by atoms with van der Waals surface area (Å²) in [5.41, 5.74) is 4.65. The molecule has 1 aromatic carbocycles. The lowest BCUT2D eigenvalue weighted by Crippen LogP contribution is -2.41. The lowest BCUT2D eigenvalue weighted by Gasteiger charge is -2.24. The van der Waals surface area contributed by atoms with Crippen LogP contribution in [-0.4, -0.2) is 80.5 Å². The number of unbranched alkanes of at least 4 members (excludes halogenated alkanes) is 15. The van der Waals surface area contributed by atoms with Gasteiger partial charge in [0.15, 0.2) is 5.82 Å². The number of benzene rings is 1. The number of hydrogen-bond acceptors (Lipinski definition) is 13. The molecule has 320 valence electrons. The van der Waals surface area contributed by atoms with Gasteiger partial charge in [0.1, 0.15) is 48.1 Å². The number of aliphatic hydroxyl groups is 2. The summed E-state index contributed by atoms with van der Waals surface area (Å²) in [6, 6.07) is 10.5. The van der Waals surface area contributed by atoms with E-state index < -0.39 is 50.3 Å². The minimum absolute atomic E-state index is 0.0514. The van der Waals surface area contributed by atoms with Crippen molar-refractivity contribution in [3.05, 3.63) is 59.3 Å². The maximum absolute atomic E-state index is 14.0. The van der Waals surface area contributed by atoms with Crippen LogP contribution in [0.2, 0.25) is 0 Å². The quantitative estimate of drug-likeness (QED) is 0.0402. The smallest absolute Gasteiger partial charge is 0.387 e. The summed E-state index contributed by atoms with van der Waals surface area (Å²) in [4.78, 5) is 14.6. The van der Waals surface area contributed by atoms with Crippen molar-refractivity contribution in [1.29, 1.82) is 10.5 Å². The molecule has 58 heavy (non-hydrogen) atoms. The Labute approximate surface area is 340 Å². The lowest BCUT2D eigenvalue weighted by atomic mass is 9.92. The highest BCUT2D eigenvalue weighted by Crippen LogP contribution is 2.47. The molecule has 6 atom stereocenters. The first-order valence-electron chi connectivity index (χ1n) is 20.6. The molecule has 15 nitrogen and oxygen atoms in total. The first-order valence-corrected chi connectivity index (χ1v) is 22.1. The van der Waals surface area contributed by atoms with E-state index in [1.54, 1.807) is 0 Å². The zero-order valence-electron chi connectivity index (χ0n) is 33.6. The number of halogens is 1. The number of nitriles is 2. The molecule has 17 heteroatoms.